The fourth-order valence-corrected chi connectivity index (χ4v) is 3.08. The molecule has 0 spiro atoms. The van der Waals surface area contributed by atoms with Gasteiger partial charge in [0.05, 0.1) is 10.0 Å². The summed E-state index contributed by atoms with van der Waals surface area (Å²) in [5.74, 6) is -1.24. The molecule has 1 unspecified atom stereocenters. The number of nitrogens with one attached hydrogen (secondary N) is 1. The van der Waals surface area contributed by atoms with Crippen LogP contribution in [0.5, 0.6) is 0 Å². The van der Waals surface area contributed by atoms with Crippen molar-refractivity contribution in [1.29, 1.82) is 0 Å². The zero-order chi connectivity index (χ0) is 19.7. The number of alkyl halides is 3. The first-order chi connectivity index (χ1) is 11.9. The Morgan fingerprint density at radius 3 is 2.08 bits per heavy atom. The quantitative estimate of drug-likeness (QED) is 0.704. The van der Waals surface area contributed by atoms with Gasteiger partial charge in [0.15, 0.2) is 0 Å². The fraction of sp³-hybridized carbons (Fsp3) is 0.375. The van der Waals surface area contributed by atoms with Crippen LogP contribution in [-0.4, -0.2) is 19.3 Å². The first-order valence-corrected chi connectivity index (χ1v) is 9.32. The molecule has 1 heterocycles. The normalized spacial score (nSPS) is 15.0. The zero-order valence-corrected chi connectivity index (χ0v) is 16.4. The molecule has 1 aromatic heterocycles. The molecule has 4 nitrogen and oxygen atoms in total. The third kappa shape index (κ3) is 5.23. The number of hydrogen-bond donors (Lipinski definition) is 1. The molecule has 0 saturated carbocycles. The molecular formula is C16H16Cl2F3N3OS. The van der Waals surface area contributed by atoms with Crippen molar-refractivity contribution < 1.29 is 17.7 Å². The van der Waals surface area contributed by atoms with E-state index in [0.717, 1.165) is 12.4 Å². The van der Waals surface area contributed by atoms with Crippen molar-refractivity contribution in [2.24, 2.45) is 0 Å². The van der Waals surface area contributed by atoms with Crippen LogP contribution in [0.25, 0.3) is 0 Å². The molecule has 0 radical (unpaired) electrons. The molecule has 1 aromatic carbocycles. The maximum Gasteiger partial charge on any atom is 0.451 e. The zero-order valence-electron chi connectivity index (χ0n) is 14.1. The van der Waals surface area contributed by atoms with E-state index in [1.54, 1.807) is 39.0 Å². The van der Waals surface area contributed by atoms with Crippen LogP contribution in [0.2, 0.25) is 10.0 Å². The highest BCUT2D eigenvalue weighted by Crippen LogP contribution is 2.31. The Morgan fingerprint density at radius 1 is 1.04 bits per heavy atom. The van der Waals surface area contributed by atoms with E-state index < -0.39 is 34.2 Å². The number of rotatable bonds is 4. The predicted octanol–water partition coefficient (Wildman–Crippen LogP) is 4.94. The number of aromatic nitrogens is 2. The van der Waals surface area contributed by atoms with Gasteiger partial charge in [0.2, 0.25) is 5.82 Å². The summed E-state index contributed by atoms with van der Waals surface area (Å²) in [6, 6.07) is 4.02. The molecule has 2 atom stereocenters. The van der Waals surface area contributed by atoms with Crippen LogP contribution < -0.4 is 4.72 Å². The molecular weight excluding hydrogens is 410 g/mol. The molecule has 0 aliphatic heterocycles. The fourth-order valence-electron chi connectivity index (χ4n) is 1.94. The lowest BCUT2D eigenvalue weighted by Crippen LogP contribution is -2.41. The van der Waals surface area contributed by atoms with Gasteiger partial charge in [-0.1, -0.05) is 29.3 Å². The molecule has 142 valence electrons. The minimum Gasteiger partial charge on any atom is -0.598 e. The Bertz CT molecular complexity index is 767. The van der Waals surface area contributed by atoms with Crippen molar-refractivity contribution in [3.8, 4) is 0 Å². The Balaban J connectivity index is 2.44. The Kier molecular flexibility index (Phi) is 6.45. The first kappa shape index (κ1) is 21.2. The number of hydrogen-bond acceptors (Lipinski definition) is 4. The summed E-state index contributed by atoms with van der Waals surface area (Å²) in [6.45, 7) is 5.31. The van der Waals surface area contributed by atoms with Crippen molar-refractivity contribution in [1.82, 2.24) is 14.7 Å². The molecule has 2 rings (SSSR count). The second-order valence-electron chi connectivity index (χ2n) is 6.44. The van der Waals surface area contributed by atoms with Crippen molar-refractivity contribution in [3.63, 3.8) is 0 Å². The molecule has 0 aliphatic carbocycles. The molecule has 0 aliphatic rings. The summed E-state index contributed by atoms with van der Waals surface area (Å²) >= 11 is 10.5. The molecule has 0 fully saturated rings. The third-order valence-electron chi connectivity index (χ3n) is 3.32. The van der Waals surface area contributed by atoms with Crippen LogP contribution in [0.4, 0.5) is 13.2 Å². The van der Waals surface area contributed by atoms with E-state index in [2.05, 4.69) is 14.7 Å². The summed E-state index contributed by atoms with van der Waals surface area (Å²) in [7, 11) is 0. The summed E-state index contributed by atoms with van der Waals surface area (Å²) in [4.78, 5) is 6.74. The second-order valence-corrected chi connectivity index (χ2v) is 9.26. The predicted molar refractivity (Wildman–Crippen MR) is 96.4 cm³/mol. The van der Waals surface area contributed by atoms with E-state index in [4.69, 9.17) is 23.2 Å². The van der Waals surface area contributed by atoms with Crippen molar-refractivity contribution >= 4 is 34.6 Å². The maximum absolute atomic E-state index is 12.7. The van der Waals surface area contributed by atoms with E-state index in [9.17, 15) is 17.7 Å². The number of benzene rings is 1. The van der Waals surface area contributed by atoms with Gasteiger partial charge in [-0.25, -0.2) is 9.97 Å². The number of halogens is 5. The standard InChI is InChI=1S/C16H16Cl2F3N3OS/c1-15(2,3)26(25)24-13(9-4-5-11(17)12(18)6-9)10-7-22-14(23-8-10)16(19,20)21/h4-8,13,24H,1-3H3/t13?,26-/m1/s1. The van der Waals surface area contributed by atoms with Gasteiger partial charge in [0, 0.05) is 29.3 Å². The van der Waals surface area contributed by atoms with Crippen molar-refractivity contribution in [3.05, 3.63) is 57.6 Å². The topological polar surface area (TPSA) is 60.9 Å². The van der Waals surface area contributed by atoms with Crippen LogP contribution >= 0.6 is 23.2 Å². The lowest BCUT2D eigenvalue weighted by Gasteiger charge is -2.28. The molecule has 0 saturated heterocycles. The highest BCUT2D eigenvalue weighted by atomic mass is 35.5. The van der Waals surface area contributed by atoms with E-state index in [-0.39, 0.29) is 5.02 Å². The van der Waals surface area contributed by atoms with Gasteiger partial charge < -0.3 is 4.55 Å². The highest BCUT2D eigenvalue weighted by molar-refractivity contribution is 7.90. The average Bonchev–Trinajstić information content (AvgIpc) is 2.53. The first-order valence-electron chi connectivity index (χ1n) is 7.41. The van der Waals surface area contributed by atoms with Crippen LogP contribution in [0.15, 0.2) is 30.6 Å². The van der Waals surface area contributed by atoms with Crippen LogP contribution in [0, 0.1) is 0 Å². The Labute approximate surface area is 162 Å². The minimum atomic E-state index is -4.64. The van der Waals surface area contributed by atoms with Gasteiger partial charge in [-0.2, -0.15) is 13.2 Å². The maximum atomic E-state index is 12.7. The van der Waals surface area contributed by atoms with Crippen molar-refractivity contribution in [2.75, 3.05) is 0 Å². The van der Waals surface area contributed by atoms with Gasteiger partial charge in [-0.3, -0.25) is 0 Å². The summed E-state index contributed by atoms with van der Waals surface area (Å²) < 4.78 is 52.9. The largest absolute Gasteiger partial charge is 0.598 e. The summed E-state index contributed by atoms with van der Waals surface area (Å²) in [6.07, 6.45) is -2.54. The highest BCUT2D eigenvalue weighted by Gasteiger charge is 2.35. The van der Waals surface area contributed by atoms with E-state index in [1.807, 2.05) is 0 Å². The van der Waals surface area contributed by atoms with Gasteiger partial charge in [-0.15, -0.1) is 4.72 Å². The summed E-state index contributed by atoms with van der Waals surface area (Å²) in [5.41, 5.74) is 0.884. The molecule has 2 aromatic rings. The van der Waals surface area contributed by atoms with Gasteiger partial charge in [-0.05, 0) is 38.5 Å². The molecule has 10 heteroatoms. The number of nitrogens with zero attached hydrogens (tertiary/aromatic N) is 2. The van der Waals surface area contributed by atoms with Crippen LogP contribution in [-0.2, 0) is 17.5 Å². The molecule has 1 N–H and O–H groups in total. The van der Waals surface area contributed by atoms with Gasteiger partial charge >= 0.3 is 6.18 Å². The van der Waals surface area contributed by atoms with Crippen LogP contribution in [0.3, 0.4) is 0 Å². The minimum absolute atomic E-state index is 0.269. The summed E-state index contributed by atoms with van der Waals surface area (Å²) in [5, 5.41) is 0.597. The van der Waals surface area contributed by atoms with Crippen LogP contribution in [0.1, 0.15) is 43.8 Å². The van der Waals surface area contributed by atoms with E-state index in [1.165, 1.54) is 0 Å². The SMILES string of the molecule is CC(C)(C)[S@@+]([O-])NC(c1cnc(C(F)(F)F)nc1)c1ccc(Cl)c(Cl)c1. The smallest absolute Gasteiger partial charge is 0.451 e. The second kappa shape index (κ2) is 7.90. The molecule has 26 heavy (non-hydrogen) atoms. The Hall–Kier alpha value is -1.06. The van der Waals surface area contributed by atoms with E-state index >= 15 is 0 Å². The molecule has 0 amide bonds. The lowest BCUT2D eigenvalue weighted by molar-refractivity contribution is -0.145. The lowest BCUT2D eigenvalue weighted by atomic mass is 10.0. The average molecular weight is 426 g/mol. The third-order valence-corrected chi connectivity index (χ3v) is 5.62. The Morgan fingerprint density at radius 2 is 1.62 bits per heavy atom. The molecule has 0 bridgehead atoms. The monoisotopic (exact) mass is 425 g/mol. The van der Waals surface area contributed by atoms with E-state index in [0.29, 0.717) is 16.1 Å². The van der Waals surface area contributed by atoms with Gasteiger partial charge in [0.25, 0.3) is 0 Å². The van der Waals surface area contributed by atoms with Crippen molar-refractivity contribution in [2.45, 2.75) is 37.7 Å². The van der Waals surface area contributed by atoms with Gasteiger partial charge in [0.1, 0.15) is 10.8 Å².